The molecule has 0 rings (SSSR count). The first kappa shape index (κ1) is 9.34. The Kier molecular flexibility index (Phi) is 6.03. The summed E-state index contributed by atoms with van der Waals surface area (Å²) in [4.78, 5) is 0. The van der Waals surface area contributed by atoms with Crippen LogP contribution in [0.1, 0.15) is 26.7 Å². The van der Waals surface area contributed by atoms with Crippen molar-refractivity contribution < 1.29 is 9.47 Å². The first-order valence-corrected chi connectivity index (χ1v) is 3.75. The zero-order valence-electron chi connectivity index (χ0n) is 6.85. The van der Waals surface area contributed by atoms with E-state index in [1.165, 1.54) is 0 Å². The van der Waals surface area contributed by atoms with Crippen LogP contribution in [-0.2, 0) is 9.47 Å². The lowest BCUT2D eigenvalue weighted by molar-refractivity contribution is 0.0376. The molecule has 0 atom stereocenters. The summed E-state index contributed by atoms with van der Waals surface area (Å²) in [7, 11) is 0. The number of ether oxygens (including phenoxy) is 2. The van der Waals surface area contributed by atoms with E-state index in [1.54, 1.807) is 0 Å². The quantitative estimate of drug-likeness (QED) is 0.532. The largest absolute Gasteiger partial charge is 0.466 e. The SMILES string of the molecule is C=C(OCCC)OCCC. The molecule has 0 radical (unpaired) electrons. The summed E-state index contributed by atoms with van der Waals surface area (Å²) < 4.78 is 10.2. The van der Waals surface area contributed by atoms with Crippen LogP contribution in [0, 0.1) is 0 Å². The highest BCUT2D eigenvalue weighted by molar-refractivity contribution is 4.66. The molecule has 0 fully saturated rings. The van der Waals surface area contributed by atoms with Gasteiger partial charge in [0.05, 0.1) is 13.2 Å². The molecule has 0 bridgehead atoms. The Bertz CT molecular complexity index is 79.3. The molecule has 0 N–H and O–H groups in total. The van der Waals surface area contributed by atoms with E-state index < -0.39 is 0 Å². The molecule has 0 heterocycles. The smallest absolute Gasteiger partial charge is 0.271 e. The van der Waals surface area contributed by atoms with Gasteiger partial charge >= 0.3 is 0 Å². The molecule has 10 heavy (non-hydrogen) atoms. The van der Waals surface area contributed by atoms with Crippen molar-refractivity contribution in [2.75, 3.05) is 13.2 Å². The summed E-state index contributed by atoms with van der Waals surface area (Å²) >= 11 is 0. The molecule has 0 aliphatic carbocycles. The highest BCUT2D eigenvalue weighted by Gasteiger charge is 1.91. The molecule has 0 aromatic rings. The first-order chi connectivity index (χ1) is 4.81. The van der Waals surface area contributed by atoms with Crippen LogP contribution in [0.25, 0.3) is 0 Å². The maximum Gasteiger partial charge on any atom is 0.271 e. The first-order valence-electron chi connectivity index (χ1n) is 3.75. The summed E-state index contributed by atoms with van der Waals surface area (Å²) in [6, 6.07) is 0. The van der Waals surface area contributed by atoms with E-state index >= 15 is 0 Å². The maximum absolute atomic E-state index is 5.08. The van der Waals surface area contributed by atoms with Gasteiger partial charge < -0.3 is 9.47 Å². The van der Waals surface area contributed by atoms with Crippen LogP contribution in [0.4, 0.5) is 0 Å². The van der Waals surface area contributed by atoms with E-state index in [2.05, 4.69) is 6.58 Å². The van der Waals surface area contributed by atoms with Crippen molar-refractivity contribution in [3.8, 4) is 0 Å². The van der Waals surface area contributed by atoms with Gasteiger partial charge in [0.1, 0.15) is 0 Å². The molecule has 0 saturated carbocycles. The van der Waals surface area contributed by atoms with Gasteiger partial charge in [-0.1, -0.05) is 13.8 Å². The van der Waals surface area contributed by atoms with E-state index in [0.717, 1.165) is 12.8 Å². The van der Waals surface area contributed by atoms with Crippen molar-refractivity contribution in [3.63, 3.8) is 0 Å². The zero-order chi connectivity index (χ0) is 7.82. The Hall–Kier alpha value is -0.660. The molecule has 0 aliphatic rings. The van der Waals surface area contributed by atoms with Crippen molar-refractivity contribution in [2.45, 2.75) is 26.7 Å². The van der Waals surface area contributed by atoms with E-state index in [0.29, 0.717) is 19.2 Å². The predicted octanol–water partition coefficient (Wildman–Crippen LogP) is 2.31. The molecule has 0 aliphatic heterocycles. The van der Waals surface area contributed by atoms with Crippen LogP contribution in [-0.4, -0.2) is 13.2 Å². The average molecular weight is 144 g/mol. The lowest BCUT2D eigenvalue weighted by Gasteiger charge is -2.07. The number of rotatable bonds is 6. The Labute approximate surface area is 62.8 Å². The fourth-order valence-corrected chi connectivity index (χ4v) is 0.473. The number of hydrogen-bond donors (Lipinski definition) is 0. The van der Waals surface area contributed by atoms with Crippen LogP contribution in [0.3, 0.4) is 0 Å². The second kappa shape index (κ2) is 6.46. The lowest BCUT2D eigenvalue weighted by atomic mass is 10.5. The van der Waals surface area contributed by atoms with Crippen LogP contribution in [0.2, 0.25) is 0 Å². The Morgan fingerprint density at radius 2 is 1.50 bits per heavy atom. The van der Waals surface area contributed by atoms with Gasteiger partial charge in [0, 0.05) is 0 Å². The van der Waals surface area contributed by atoms with Crippen molar-refractivity contribution >= 4 is 0 Å². The van der Waals surface area contributed by atoms with E-state index in [9.17, 15) is 0 Å². The molecule has 60 valence electrons. The van der Waals surface area contributed by atoms with Gasteiger partial charge in [-0.3, -0.25) is 0 Å². The Balaban J connectivity index is 3.09. The third-order valence-corrected chi connectivity index (χ3v) is 0.934. The minimum Gasteiger partial charge on any atom is -0.466 e. The summed E-state index contributed by atoms with van der Waals surface area (Å²) in [5.41, 5.74) is 0. The standard InChI is InChI=1S/C8H16O2/c1-4-6-9-8(3)10-7-5-2/h3-7H2,1-2H3. The molecule has 0 spiro atoms. The fraction of sp³-hybridized carbons (Fsp3) is 0.750. The highest BCUT2D eigenvalue weighted by atomic mass is 16.7. The van der Waals surface area contributed by atoms with Gasteiger partial charge in [-0.15, -0.1) is 0 Å². The van der Waals surface area contributed by atoms with Crippen LogP contribution >= 0.6 is 0 Å². The summed E-state index contributed by atoms with van der Waals surface area (Å²) in [6.45, 7) is 9.08. The summed E-state index contributed by atoms with van der Waals surface area (Å²) in [5, 5.41) is 0. The molecule has 0 unspecified atom stereocenters. The normalized spacial score (nSPS) is 9.00. The van der Waals surface area contributed by atoms with Crippen LogP contribution < -0.4 is 0 Å². The molecule has 2 nitrogen and oxygen atoms in total. The topological polar surface area (TPSA) is 18.5 Å². The summed E-state index contributed by atoms with van der Waals surface area (Å²) in [5.74, 6) is 0.448. The minimum atomic E-state index is 0.448. The number of hydrogen-bond acceptors (Lipinski definition) is 2. The molecule has 2 heteroatoms. The van der Waals surface area contributed by atoms with Gasteiger partial charge in [0.2, 0.25) is 0 Å². The summed E-state index contributed by atoms with van der Waals surface area (Å²) in [6.07, 6.45) is 1.99. The van der Waals surface area contributed by atoms with Crippen molar-refractivity contribution in [1.82, 2.24) is 0 Å². The zero-order valence-corrected chi connectivity index (χ0v) is 6.85. The van der Waals surface area contributed by atoms with E-state index in [4.69, 9.17) is 9.47 Å². The molecule has 0 aromatic carbocycles. The van der Waals surface area contributed by atoms with Crippen LogP contribution in [0.15, 0.2) is 12.5 Å². The van der Waals surface area contributed by atoms with Gasteiger partial charge in [-0.2, -0.15) is 0 Å². The van der Waals surface area contributed by atoms with Gasteiger partial charge in [-0.05, 0) is 19.4 Å². The predicted molar refractivity (Wildman–Crippen MR) is 41.6 cm³/mol. The van der Waals surface area contributed by atoms with Crippen LogP contribution in [0.5, 0.6) is 0 Å². The lowest BCUT2D eigenvalue weighted by Crippen LogP contribution is -1.98. The Morgan fingerprint density at radius 3 is 1.80 bits per heavy atom. The molecular weight excluding hydrogens is 128 g/mol. The van der Waals surface area contributed by atoms with Gasteiger partial charge in [-0.25, -0.2) is 0 Å². The monoisotopic (exact) mass is 144 g/mol. The van der Waals surface area contributed by atoms with Gasteiger partial charge in [0.15, 0.2) is 0 Å². The van der Waals surface area contributed by atoms with E-state index in [1.807, 2.05) is 13.8 Å². The second-order valence-electron chi connectivity index (χ2n) is 2.07. The maximum atomic E-state index is 5.08. The molecule has 0 saturated heterocycles. The van der Waals surface area contributed by atoms with Crippen molar-refractivity contribution in [2.24, 2.45) is 0 Å². The van der Waals surface area contributed by atoms with Crippen molar-refractivity contribution in [3.05, 3.63) is 12.5 Å². The van der Waals surface area contributed by atoms with Crippen molar-refractivity contribution in [1.29, 1.82) is 0 Å². The third-order valence-electron chi connectivity index (χ3n) is 0.934. The second-order valence-corrected chi connectivity index (χ2v) is 2.07. The molecule has 0 aromatic heterocycles. The third kappa shape index (κ3) is 5.48. The van der Waals surface area contributed by atoms with E-state index in [-0.39, 0.29) is 0 Å². The highest BCUT2D eigenvalue weighted by Crippen LogP contribution is 1.97. The molecular formula is C8H16O2. The molecule has 0 amide bonds. The Morgan fingerprint density at radius 1 is 1.10 bits per heavy atom. The average Bonchev–Trinajstić information content (AvgIpc) is 1.97. The fourth-order valence-electron chi connectivity index (χ4n) is 0.473. The van der Waals surface area contributed by atoms with Gasteiger partial charge in [0.25, 0.3) is 5.95 Å². The minimum absolute atomic E-state index is 0.448.